The molecule has 0 spiro atoms. The maximum Gasteiger partial charge on any atom is 0.253 e. The zero-order valence-corrected chi connectivity index (χ0v) is 16.3. The lowest BCUT2D eigenvalue weighted by atomic mass is 9.82. The van der Waals surface area contributed by atoms with Crippen molar-refractivity contribution in [2.45, 2.75) is 43.7 Å². The molecule has 0 N–H and O–H groups in total. The average Bonchev–Trinajstić information content (AvgIpc) is 3.08. The minimum absolute atomic E-state index is 0.113. The van der Waals surface area contributed by atoms with E-state index in [0.29, 0.717) is 17.8 Å². The third-order valence-corrected chi connectivity index (χ3v) is 5.80. The van der Waals surface area contributed by atoms with Crippen LogP contribution in [0.4, 0.5) is 0 Å². The minimum Gasteiger partial charge on any atom is -0.497 e. The van der Waals surface area contributed by atoms with Crippen molar-refractivity contribution in [1.29, 1.82) is 0 Å². The first-order chi connectivity index (χ1) is 13.2. The molecule has 6 nitrogen and oxygen atoms in total. The lowest BCUT2D eigenvalue weighted by Gasteiger charge is -2.23. The van der Waals surface area contributed by atoms with E-state index in [1.165, 1.54) is 0 Å². The molecule has 0 aliphatic heterocycles. The molecular formula is C20H22N4O2S. The van der Waals surface area contributed by atoms with E-state index in [2.05, 4.69) is 22.0 Å². The highest BCUT2D eigenvalue weighted by Crippen LogP contribution is 2.32. The zero-order chi connectivity index (χ0) is 18.8. The normalized spacial score (nSPS) is 16.5. The summed E-state index contributed by atoms with van der Waals surface area (Å²) >= 11 is 1.64. The van der Waals surface area contributed by atoms with Crippen LogP contribution in [0.15, 0.2) is 35.6 Å². The fraction of sp³-hybridized carbons (Fsp3) is 0.400. The third kappa shape index (κ3) is 3.69. The number of carbonyl (C=O) groups is 1. The fourth-order valence-corrected chi connectivity index (χ4v) is 4.25. The Morgan fingerprint density at radius 2 is 2.04 bits per heavy atom. The summed E-state index contributed by atoms with van der Waals surface area (Å²) in [4.78, 5) is 21.9. The first-order valence-electron chi connectivity index (χ1n) is 9.24. The largest absolute Gasteiger partial charge is 0.497 e. The summed E-state index contributed by atoms with van der Waals surface area (Å²) < 4.78 is 6.86. The van der Waals surface area contributed by atoms with Crippen LogP contribution >= 0.6 is 11.8 Å². The Morgan fingerprint density at radius 3 is 2.78 bits per heavy atom. The summed E-state index contributed by atoms with van der Waals surface area (Å²) in [7, 11) is 1.65. The van der Waals surface area contributed by atoms with Crippen LogP contribution in [0.1, 0.15) is 53.7 Å². The maximum atomic E-state index is 12.7. The van der Waals surface area contributed by atoms with Gasteiger partial charge in [-0.3, -0.25) is 4.79 Å². The van der Waals surface area contributed by atoms with Gasteiger partial charge in [0.25, 0.3) is 5.78 Å². The van der Waals surface area contributed by atoms with Crippen molar-refractivity contribution in [2.75, 3.05) is 12.9 Å². The van der Waals surface area contributed by atoms with Crippen molar-refractivity contribution in [3.05, 3.63) is 47.3 Å². The van der Waals surface area contributed by atoms with E-state index < -0.39 is 0 Å². The minimum atomic E-state index is 0.113. The molecule has 1 aromatic carbocycles. The van der Waals surface area contributed by atoms with Gasteiger partial charge in [-0.15, -0.1) is 5.10 Å². The lowest BCUT2D eigenvalue weighted by molar-refractivity contribution is 0.0962. The van der Waals surface area contributed by atoms with Gasteiger partial charge in [-0.2, -0.15) is 4.98 Å². The third-order valence-electron chi connectivity index (χ3n) is 4.88. The molecule has 0 amide bonds. The SMILES string of the molecule is CCCCSc1nc2nc3c(cn2n1)C(=O)C[C@@H](c1ccc(OC)cc1)C3. The van der Waals surface area contributed by atoms with Gasteiger partial charge in [-0.1, -0.05) is 37.2 Å². The number of thioether (sulfide) groups is 1. The van der Waals surface area contributed by atoms with Crippen molar-refractivity contribution in [2.24, 2.45) is 0 Å². The van der Waals surface area contributed by atoms with Crippen LogP contribution in [0.3, 0.4) is 0 Å². The van der Waals surface area contributed by atoms with E-state index >= 15 is 0 Å². The van der Waals surface area contributed by atoms with Gasteiger partial charge < -0.3 is 4.74 Å². The van der Waals surface area contributed by atoms with Gasteiger partial charge in [0.2, 0.25) is 5.16 Å². The number of carbonyl (C=O) groups excluding carboxylic acids is 1. The number of Topliss-reactive ketones (excluding diaryl/α,β-unsaturated/α-hetero) is 1. The second kappa shape index (κ2) is 7.68. The molecule has 0 bridgehead atoms. The lowest BCUT2D eigenvalue weighted by Crippen LogP contribution is -2.21. The van der Waals surface area contributed by atoms with Gasteiger partial charge in [-0.25, -0.2) is 9.50 Å². The Balaban J connectivity index is 1.60. The van der Waals surface area contributed by atoms with Crippen LogP contribution in [0, 0.1) is 0 Å². The standard InChI is InChI=1S/C20H22N4O2S/c1-3-4-9-27-20-22-19-21-17-10-14(13-5-7-15(26-2)8-6-13)11-18(25)16(17)12-24(19)23-20/h5-8,12,14H,3-4,9-11H2,1-2H3/t14-/m0/s1. The molecule has 0 unspecified atom stereocenters. The van der Waals surface area contributed by atoms with Crippen LogP contribution in [-0.2, 0) is 6.42 Å². The average molecular weight is 382 g/mol. The quantitative estimate of drug-likeness (QED) is 0.475. The first kappa shape index (κ1) is 18.0. The molecule has 0 fully saturated rings. The Hall–Kier alpha value is -2.41. The highest BCUT2D eigenvalue weighted by atomic mass is 32.2. The van der Waals surface area contributed by atoms with Gasteiger partial charge in [0.15, 0.2) is 5.78 Å². The summed E-state index contributed by atoms with van der Waals surface area (Å²) in [5.41, 5.74) is 2.62. The summed E-state index contributed by atoms with van der Waals surface area (Å²) in [5, 5.41) is 5.18. The highest BCUT2D eigenvalue weighted by molar-refractivity contribution is 7.99. The highest BCUT2D eigenvalue weighted by Gasteiger charge is 2.28. The second-order valence-electron chi connectivity index (χ2n) is 6.74. The molecule has 3 aromatic rings. The van der Waals surface area contributed by atoms with Crippen LogP contribution in [-0.4, -0.2) is 38.2 Å². The Kier molecular flexibility index (Phi) is 5.11. The number of hydrogen-bond donors (Lipinski definition) is 0. The molecule has 1 aliphatic carbocycles. The van der Waals surface area contributed by atoms with Crippen molar-refractivity contribution in [3.63, 3.8) is 0 Å². The Bertz CT molecular complexity index is 968. The Labute approximate surface area is 162 Å². The number of methoxy groups -OCH3 is 1. The number of ketones is 1. The summed E-state index contributed by atoms with van der Waals surface area (Å²) in [6.45, 7) is 2.16. The first-order valence-corrected chi connectivity index (χ1v) is 10.2. The van der Waals surface area contributed by atoms with Crippen molar-refractivity contribution >= 4 is 23.3 Å². The number of fused-ring (bicyclic) bond motifs is 2. The topological polar surface area (TPSA) is 69.4 Å². The summed E-state index contributed by atoms with van der Waals surface area (Å²) in [6, 6.07) is 7.92. The number of benzene rings is 1. The smallest absolute Gasteiger partial charge is 0.253 e. The number of ether oxygens (including phenoxy) is 1. The van der Waals surface area contributed by atoms with Gasteiger partial charge >= 0.3 is 0 Å². The van der Waals surface area contributed by atoms with E-state index in [-0.39, 0.29) is 11.7 Å². The van der Waals surface area contributed by atoms with Gasteiger partial charge in [0.05, 0.1) is 18.4 Å². The van der Waals surface area contributed by atoms with E-state index in [1.54, 1.807) is 29.6 Å². The molecule has 0 radical (unpaired) electrons. The predicted molar refractivity (Wildman–Crippen MR) is 105 cm³/mol. The zero-order valence-electron chi connectivity index (χ0n) is 15.5. The number of nitrogens with zero attached hydrogens (tertiary/aromatic N) is 4. The molecule has 7 heteroatoms. The fourth-order valence-electron chi connectivity index (χ4n) is 3.35. The van der Waals surface area contributed by atoms with E-state index in [1.807, 2.05) is 24.3 Å². The number of unbranched alkanes of at least 4 members (excludes halogenated alkanes) is 1. The van der Waals surface area contributed by atoms with E-state index in [4.69, 9.17) is 4.74 Å². The monoisotopic (exact) mass is 382 g/mol. The van der Waals surface area contributed by atoms with Crippen molar-refractivity contribution in [3.8, 4) is 5.75 Å². The summed E-state index contributed by atoms with van der Waals surface area (Å²) in [6.07, 6.45) is 5.29. The molecule has 0 saturated heterocycles. The molecular weight excluding hydrogens is 360 g/mol. The molecule has 140 valence electrons. The number of rotatable bonds is 6. The molecule has 4 rings (SSSR count). The number of hydrogen-bond acceptors (Lipinski definition) is 6. The van der Waals surface area contributed by atoms with Crippen LogP contribution in [0.25, 0.3) is 5.78 Å². The number of aromatic nitrogens is 4. The molecule has 27 heavy (non-hydrogen) atoms. The molecule has 1 atom stereocenters. The maximum absolute atomic E-state index is 12.7. The molecule has 0 saturated carbocycles. The molecule has 1 aliphatic rings. The van der Waals surface area contributed by atoms with Crippen LogP contribution in [0.5, 0.6) is 5.75 Å². The van der Waals surface area contributed by atoms with Gasteiger partial charge in [0, 0.05) is 18.4 Å². The van der Waals surface area contributed by atoms with Crippen LogP contribution < -0.4 is 4.74 Å². The van der Waals surface area contributed by atoms with E-state index in [9.17, 15) is 4.79 Å². The molecule has 2 heterocycles. The second-order valence-corrected chi connectivity index (χ2v) is 7.81. The predicted octanol–water partition coefficient (Wildman–Crippen LogP) is 3.94. The van der Waals surface area contributed by atoms with Crippen LogP contribution in [0.2, 0.25) is 0 Å². The van der Waals surface area contributed by atoms with Gasteiger partial charge in [0.1, 0.15) is 5.75 Å². The van der Waals surface area contributed by atoms with Crippen molar-refractivity contribution < 1.29 is 9.53 Å². The van der Waals surface area contributed by atoms with Gasteiger partial charge in [-0.05, 0) is 36.5 Å². The molecule has 2 aromatic heterocycles. The van der Waals surface area contributed by atoms with Crippen molar-refractivity contribution in [1.82, 2.24) is 19.6 Å². The Morgan fingerprint density at radius 1 is 1.22 bits per heavy atom. The van der Waals surface area contributed by atoms with E-state index in [0.717, 1.165) is 47.2 Å². The summed E-state index contributed by atoms with van der Waals surface area (Å²) in [5.74, 6) is 2.62.